The van der Waals surface area contributed by atoms with E-state index < -0.39 is 11.8 Å². The van der Waals surface area contributed by atoms with Gasteiger partial charge in [0.2, 0.25) is 0 Å². The number of aromatic nitrogens is 4. The molecule has 2 heterocycles. The van der Waals surface area contributed by atoms with Crippen LogP contribution in [0.3, 0.4) is 0 Å². The molecule has 122 valence electrons. The summed E-state index contributed by atoms with van der Waals surface area (Å²) in [5, 5.41) is 3.91. The van der Waals surface area contributed by atoms with E-state index in [1.165, 1.54) is 17.1 Å². The lowest BCUT2D eigenvalue weighted by atomic mass is 10.3. The zero-order valence-corrected chi connectivity index (χ0v) is 13.7. The lowest BCUT2D eigenvalue weighted by Crippen LogP contribution is -2.26. The van der Waals surface area contributed by atoms with Gasteiger partial charge in [0, 0.05) is 5.57 Å². The molecular formula is C13H13BrFN5O3. The average molecular weight is 386 g/mol. The fourth-order valence-electron chi connectivity index (χ4n) is 1.77. The minimum atomic E-state index is -1.03. The third-order valence-electron chi connectivity index (χ3n) is 2.92. The molecule has 2 N–H and O–H groups in total. The standard InChI is InChI=1S/C13H13BrFN5O3/c1-8-2-10(4-17-11(8)14)19-7-18-20(13(19)22)5-9(3-15)6-23-12(16)21/h2-4,7H,5-6H2,1H3,(H2,16,21)/b9-3-. The summed E-state index contributed by atoms with van der Waals surface area (Å²) in [7, 11) is 0. The van der Waals surface area contributed by atoms with Gasteiger partial charge in [0.25, 0.3) is 0 Å². The van der Waals surface area contributed by atoms with Crippen molar-refractivity contribution >= 4 is 22.0 Å². The lowest BCUT2D eigenvalue weighted by molar-refractivity contribution is 0.164. The number of halogens is 2. The molecule has 2 aromatic rings. The highest BCUT2D eigenvalue weighted by Gasteiger charge is 2.11. The number of hydrogen-bond donors (Lipinski definition) is 1. The van der Waals surface area contributed by atoms with Crippen molar-refractivity contribution in [2.45, 2.75) is 13.5 Å². The molecule has 0 aromatic carbocycles. The summed E-state index contributed by atoms with van der Waals surface area (Å²) in [5.74, 6) is 0. The molecule has 2 rings (SSSR count). The molecule has 0 radical (unpaired) electrons. The van der Waals surface area contributed by atoms with Crippen molar-refractivity contribution in [2.24, 2.45) is 5.73 Å². The van der Waals surface area contributed by atoms with E-state index >= 15 is 0 Å². The first-order valence-electron chi connectivity index (χ1n) is 6.39. The Bertz CT molecular complexity index is 814. The molecule has 10 heteroatoms. The number of rotatable bonds is 5. The molecule has 2 aromatic heterocycles. The van der Waals surface area contributed by atoms with E-state index in [9.17, 15) is 14.0 Å². The molecule has 0 aliphatic rings. The van der Waals surface area contributed by atoms with Crippen LogP contribution in [-0.4, -0.2) is 32.0 Å². The van der Waals surface area contributed by atoms with E-state index in [2.05, 4.69) is 30.7 Å². The van der Waals surface area contributed by atoms with E-state index in [4.69, 9.17) is 5.73 Å². The topological polar surface area (TPSA) is 105 Å². The van der Waals surface area contributed by atoms with Crippen LogP contribution < -0.4 is 11.4 Å². The molecule has 0 saturated carbocycles. The molecule has 0 fully saturated rings. The van der Waals surface area contributed by atoms with Crippen LogP contribution >= 0.6 is 15.9 Å². The first kappa shape index (κ1) is 16.9. The summed E-state index contributed by atoms with van der Waals surface area (Å²) in [4.78, 5) is 26.9. The van der Waals surface area contributed by atoms with Crippen molar-refractivity contribution in [3.05, 3.63) is 51.1 Å². The second-order valence-electron chi connectivity index (χ2n) is 4.62. The number of nitrogens with two attached hydrogens (primary N) is 1. The summed E-state index contributed by atoms with van der Waals surface area (Å²) in [6, 6.07) is 1.76. The number of ether oxygens (including phenoxy) is 1. The molecule has 0 aliphatic carbocycles. The van der Waals surface area contributed by atoms with Crippen LogP contribution in [-0.2, 0) is 11.3 Å². The van der Waals surface area contributed by atoms with E-state index in [0.29, 0.717) is 10.3 Å². The summed E-state index contributed by atoms with van der Waals surface area (Å²) in [6.07, 6.45) is 2.03. The predicted molar refractivity (Wildman–Crippen MR) is 82.8 cm³/mol. The van der Waals surface area contributed by atoms with E-state index in [1.807, 2.05) is 6.92 Å². The first-order chi connectivity index (χ1) is 10.9. The molecule has 0 bridgehead atoms. The van der Waals surface area contributed by atoms with Crippen LogP contribution in [0.25, 0.3) is 5.69 Å². The Morgan fingerprint density at radius 2 is 2.30 bits per heavy atom. The minimum Gasteiger partial charge on any atom is -0.445 e. The van der Waals surface area contributed by atoms with Crippen molar-refractivity contribution in [1.29, 1.82) is 0 Å². The second-order valence-corrected chi connectivity index (χ2v) is 5.37. The van der Waals surface area contributed by atoms with Gasteiger partial charge in [-0.2, -0.15) is 5.10 Å². The number of primary amides is 1. The maximum Gasteiger partial charge on any atom is 0.404 e. The third kappa shape index (κ3) is 4.03. The van der Waals surface area contributed by atoms with E-state index in [0.717, 1.165) is 10.2 Å². The van der Waals surface area contributed by atoms with Gasteiger partial charge >= 0.3 is 11.8 Å². The smallest absolute Gasteiger partial charge is 0.404 e. The first-order valence-corrected chi connectivity index (χ1v) is 7.19. The van der Waals surface area contributed by atoms with Gasteiger partial charge in [0.1, 0.15) is 17.5 Å². The zero-order chi connectivity index (χ0) is 17.0. The largest absolute Gasteiger partial charge is 0.445 e. The van der Waals surface area contributed by atoms with Crippen molar-refractivity contribution in [3.63, 3.8) is 0 Å². The number of pyridine rings is 1. The maximum absolute atomic E-state index is 12.8. The molecule has 1 amide bonds. The third-order valence-corrected chi connectivity index (χ3v) is 3.75. The molecule has 0 saturated heterocycles. The number of nitrogens with zero attached hydrogens (tertiary/aromatic N) is 4. The Morgan fingerprint density at radius 1 is 1.57 bits per heavy atom. The van der Waals surface area contributed by atoms with E-state index in [-0.39, 0.29) is 25.1 Å². The normalized spacial score (nSPS) is 11.5. The fourth-order valence-corrected chi connectivity index (χ4v) is 1.98. The van der Waals surface area contributed by atoms with Gasteiger partial charge in [-0.3, -0.25) is 0 Å². The quantitative estimate of drug-likeness (QED) is 0.784. The highest BCUT2D eigenvalue weighted by Crippen LogP contribution is 2.15. The van der Waals surface area contributed by atoms with Crippen molar-refractivity contribution < 1.29 is 13.9 Å². The van der Waals surface area contributed by atoms with Crippen molar-refractivity contribution in [3.8, 4) is 5.69 Å². The van der Waals surface area contributed by atoms with Gasteiger partial charge in [-0.1, -0.05) is 0 Å². The van der Waals surface area contributed by atoms with Crippen LogP contribution in [0.2, 0.25) is 0 Å². The van der Waals surface area contributed by atoms with Gasteiger partial charge in [0.15, 0.2) is 0 Å². The van der Waals surface area contributed by atoms with Gasteiger partial charge in [0.05, 0.1) is 24.8 Å². The highest BCUT2D eigenvalue weighted by molar-refractivity contribution is 9.10. The zero-order valence-electron chi connectivity index (χ0n) is 12.1. The van der Waals surface area contributed by atoms with E-state index in [1.54, 1.807) is 6.07 Å². The number of amides is 1. The van der Waals surface area contributed by atoms with Crippen LogP contribution in [0.5, 0.6) is 0 Å². The molecular weight excluding hydrogens is 373 g/mol. The number of carbonyl (C=O) groups excluding carboxylic acids is 1. The monoisotopic (exact) mass is 385 g/mol. The lowest BCUT2D eigenvalue weighted by Gasteiger charge is -2.05. The Kier molecular flexibility index (Phi) is 5.27. The molecule has 0 unspecified atom stereocenters. The van der Waals surface area contributed by atoms with Gasteiger partial charge < -0.3 is 10.5 Å². The summed E-state index contributed by atoms with van der Waals surface area (Å²) >= 11 is 3.28. The molecule has 8 nitrogen and oxygen atoms in total. The summed E-state index contributed by atoms with van der Waals surface area (Å²) in [6.45, 7) is 1.31. The molecule has 23 heavy (non-hydrogen) atoms. The van der Waals surface area contributed by atoms with Crippen molar-refractivity contribution in [2.75, 3.05) is 6.61 Å². The highest BCUT2D eigenvalue weighted by atomic mass is 79.9. The fraction of sp³-hybridized carbons (Fsp3) is 0.231. The molecule has 0 spiro atoms. The van der Waals surface area contributed by atoms with Crippen LogP contribution in [0, 0.1) is 6.92 Å². The number of aryl methyl sites for hydroxylation is 1. The second kappa shape index (κ2) is 7.18. The number of carbonyl (C=O) groups is 1. The van der Waals surface area contributed by atoms with Crippen LogP contribution in [0.15, 0.2) is 39.9 Å². The number of hydrogen-bond acceptors (Lipinski definition) is 5. The van der Waals surface area contributed by atoms with Gasteiger partial charge in [-0.25, -0.2) is 28.2 Å². The average Bonchev–Trinajstić information content (AvgIpc) is 2.87. The van der Waals surface area contributed by atoms with Gasteiger partial charge in [-0.05, 0) is 34.5 Å². The Morgan fingerprint density at radius 3 is 2.91 bits per heavy atom. The van der Waals surface area contributed by atoms with Crippen LogP contribution in [0.1, 0.15) is 5.56 Å². The predicted octanol–water partition coefficient (Wildman–Crippen LogP) is 1.45. The Balaban J connectivity index is 2.23. The SMILES string of the molecule is Cc1cc(-n2cnn(C/C(=C/F)COC(N)=O)c2=O)cnc1Br. The minimum absolute atomic E-state index is 0.0428. The summed E-state index contributed by atoms with van der Waals surface area (Å²) in [5.41, 5.74) is 5.76. The molecule has 0 aliphatic heterocycles. The van der Waals surface area contributed by atoms with Crippen molar-refractivity contribution in [1.82, 2.24) is 19.3 Å². The van der Waals surface area contributed by atoms with Crippen LogP contribution in [0.4, 0.5) is 9.18 Å². The Labute approximate surface area is 138 Å². The summed E-state index contributed by atoms with van der Waals surface area (Å²) < 4.78 is 20.3. The van der Waals surface area contributed by atoms with Gasteiger partial charge in [-0.15, -0.1) is 0 Å². The maximum atomic E-state index is 12.8. The Hall–Kier alpha value is -2.49. The molecule has 0 atom stereocenters.